The Morgan fingerprint density at radius 2 is 2.33 bits per heavy atom. The molecule has 0 fully saturated rings. The van der Waals surface area contributed by atoms with Crippen molar-refractivity contribution in [1.82, 2.24) is 0 Å². The Kier molecular flexibility index (Phi) is 4.12. The monoisotopic (exact) mass is 124 g/mol. The molecule has 0 spiro atoms. The van der Waals surface area contributed by atoms with Crippen molar-refractivity contribution in [2.45, 2.75) is 33.6 Å². The van der Waals surface area contributed by atoms with E-state index >= 15 is 0 Å². The summed E-state index contributed by atoms with van der Waals surface area (Å²) in [4.78, 5) is 0. The van der Waals surface area contributed by atoms with Crippen LogP contribution in [0.3, 0.4) is 0 Å². The molecule has 0 heteroatoms. The Hall–Kier alpha value is -0.520. The highest BCUT2D eigenvalue weighted by atomic mass is 14.0. The van der Waals surface area contributed by atoms with Crippen molar-refractivity contribution in [3.8, 4) is 0 Å². The Morgan fingerprint density at radius 3 is 2.67 bits per heavy atom. The van der Waals surface area contributed by atoms with Gasteiger partial charge in [-0.3, -0.25) is 0 Å². The van der Waals surface area contributed by atoms with Gasteiger partial charge in [-0.15, -0.1) is 0 Å². The molecular formula is C9H16. The van der Waals surface area contributed by atoms with Gasteiger partial charge in [0.1, 0.15) is 0 Å². The smallest absolute Gasteiger partial charge is 0.0282 e. The molecule has 1 rings (SSSR count). The molecule has 52 valence electrons. The number of allylic oxidation sites excluding steroid dienone is 4. The molecule has 0 aromatic heterocycles. The van der Waals surface area contributed by atoms with Crippen molar-refractivity contribution >= 4 is 0 Å². The van der Waals surface area contributed by atoms with Gasteiger partial charge in [-0.25, -0.2) is 0 Å². The predicted molar refractivity (Wildman–Crippen MR) is 43.5 cm³/mol. The molecule has 0 amide bonds. The molecule has 0 atom stereocenters. The Bertz CT molecular complexity index is 118. The lowest BCUT2D eigenvalue weighted by molar-refractivity contribution is 0.895. The van der Waals surface area contributed by atoms with Gasteiger partial charge in [-0.1, -0.05) is 38.2 Å². The molecule has 0 radical (unpaired) electrons. The largest absolute Gasteiger partial charge is 0.0842 e. The van der Waals surface area contributed by atoms with Gasteiger partial charge in [0.15, 0.2) is 0 Å². The van der Waals surface area contributed by atoms with E-state index < -0.39 is 0 Å². The van der Waals surface area contributed by atoms with Crippen LogP contribution in [0.2, 0.25) is 0 Å². The van der Waals surface area contributed by atoms with Crippen LogP contribution < -0.4 is 0 Å². The summed E-state index contributed by atoms with van der Waals surface area (Å²) in [5.74, 6) is 0. The van der Waals surface area contributed by atoms with E-state index in [-0.39, 0.29) is 7.43 Å². The summed E-state index contributed by atoms with van der Waals surface area (Å²) in [5, 5.41) is 0. The lowest BCUT2D eigenvalue weighted by Gasteiger charge is -2.03. The normalized spacial score (nSPS) is 16.3. The van der Waals surface area contributed by atoms with Gasteiger partial charge in [0.2, 0.25) is 0 Å². The maximum absolute atomic E-state index is 2.23. The molecule has 0 nitrogen and oxygen atoms in total. The molecule has 0 unspecified atom stereocenters. The average molecular weight is 124 g/mol. The van der Waals surface area contributed by atoms with Crippen LogP contribution in [0.15, 0.2) is 23.8 Å². The Morgan fingerprint density at radius 1 is 1.56 bits per heavy atom. The molecule has 0 aliphatic heterocycles. The minimum atomic E-state index is 0. The predicted octanol–water partition coefficient (Wildman–Crippen LogP) is 3.31. The highest BCUT2D eigenvalue weighted by molar-refractivity contribution is 5.16. The van der Waals surface area contributed by atoms with E-state index in [1.165, 1.54) is 19.3 Å². The topological polar surface area (TPSA) is 0 Å². The first-order valence-corrected chi connectivity index (χ1v) is 3.28. The molecular weight excluding hydrogens is 108 g/mol. The first-order valence-electron chi connectivity index (χ1n) is 3.28. The zero-order chi connectivity index (χ0) is 5.82. The van der Waals surface area contributed by atoms with Gasteiger partial charge in [0, 0.05) is 0 Å². The SMILES string of the molecule is C.CCC1=CC=CCC1. The lowest BCUT2D eigenvalue weighted by Crippen LogP contribution is -1.83. The van der Waals surface area contributed by atoms with Crippen molar-refractivity contribution in [3.63, 3.8) is 0 Å². The van der Waals surface area contributed by atoms with Gasteiger partial charge >= 0.3 is 0 Å². The fourth-order valence-corrected chi connectivity index (χ4v) is 0.947. The van der Waals surface area contributed by atoms with Crippen LogP contribution in [0.25, 0.3) is 0 Å². The molecule has 0 saturated carbocycles. The van der Waals surface area contributed by atoms with Crippen molar-refractivity contribution in [1.29, 1.82) is 0 Å². The Balaban J connectivity index is 0.000000640. The van der Waals surface area contributed by atoms with Crippen molar-refractivity contribution in [2.75, 3.05) is 0 Å². The summed E-state index contributed by atoms with van der Waals surface area (Å²) in [5.41, 5.74) is 1.59. The van der Waals surface area contributed by atoms with E-state index in [0.717, 1.165) is 0 Å². The van der Waals surface area contributed by atoms with Crippen LogP contribution in [-0.2, 0) is 0 Å². The maximum Gasteiger partial charge on any atom is -0.0282 e. The highest BCUT2D eigenvalue weighted by Gasteiger charge is 1.93. The second-order valence-corrected chi connectivity index (χ2v) is 2.15. The molecule has 0 aromatic rings. The van der Waals surface area contributed by atoms with E-state index in [1.807, 2.05) is 0 Å². The second kappa shape index (κ2) is 4.37. The zero-order valence-electron chi connectivity index (χ0n) is 5.35. The van der Waals surface area contributed by atoms with E-state index in [0.29, 0.717) is 0 Å². The number of rotatable bonds is 1. The molecule has 1 aliphatic rings. The fraction of sp³-hybridized carbons (Fsp3) is 0.556. The van der Waals surface area contributed by atoms with Gasteiger partial charge in [-0.2, -0.15) is 0 Å². The molecule has 0 saturated heterocycles. The van der Waals surface area contributed by atoms with Gasteiger partial charge < -0.3 is 0 Å². The molecule has 0 aromatic carbocycles. The summed E-state index contributed by atoms with van der Waals surface area (Å²) in [7, 11) is 0. The van der Waals surface area contributed by atoms with Crippen LogP contribution in [0.1, 0.15) is 33.6 Å². The van der Waals surface area contributed by atoms with Crippen LogP contribution in [0, 0.1) is 0 Å². The first-order chi connectivity index (χ1) is 3.93. The quantitative estimate of drug-likeness (QED) is 0.503. The highest BCUT2D eigenvalue weighted by Crippen LogP contribution is 2.13. The average Bonchev–Trinajstić information content (AvgIpc) is 1.90. The summed E-state index contributed by atoms with van der Waals surface area (Å²) >= 11 is 0. The minimum absolute atomic E-state index is 0. The summed E-state index contributed by atoms with van der Waals surface area (Å²) in [6.07, 6.45) is 10.4. The first kappa shape index (κ1) is 8.48. The van der Waals surface area contributed by atoms with Gasteiger partial charge in [0.05, 0.1) is 0 Å². The maximum atomic E-state index is 2.23. The molecule has 0 N–H and O–H groups in total. The molecule has 0 bridgehead atoms. The Labute approximate surface area is 58.3 Å². The van der Waals surface area contributed by atoms with Gasteiger partial charge in [0.25, 0.3) is 0 Å². The molecule has 1 aliphatic carbocycles. The van der Waals surface area contributed by atoms with E-state index in [4.69, 9.17) is 0 Å². The van der Waals surface area contributed by atoms with Crippen LogP contribution in [0.4, 0.5) is 0 Å². The fourth-order valence-electron chi connectivity index (χ4n) is 0.947. The standard InChI is InChI=1S/C8H12.CH4/c1-2-8-6-4-3-5-7-8;/h3-4,6H,2,5,7H2,1H3;1H4. The minimum Gasteiger partial charge on any atom is -0.0842 e. The van der Waals surface area contributed by atoms with E-state index in [2.05, 4.69) is 25.2 Å². The van der Waals surface area contributed by atoms with Crippen LogP contribution in [-0.4, -0.2) is 0 Å². The van der Waals surface area contributed by atoms with E-state index in [1.54, 1.807) is 5.57 Å². The third kappa shape index (κ3) is 2.50. The third-order valence-electron chi connectivity index (χ3n) is 1.55. The lowest BCUT2D eigenvalue weighted by atomic mass is 10.0. The molecule has 9 heavy (non-hydrogen) atoms. The molecule has 0 heterocycles. The van der Waals surface area contributed by atoms with Crippen LogP contribution >= 0.6 is 0 Å². The summed E-state index contributed by atoms with van der Waals surface area (Å²) in [6.45, 7) is 2.21. The summed E-state index contributed by atoms with van der Waals surface area (Å²) in [6, 6.07) is 0. The van der Waals surface area contributed by atoms with Crippen molar-refractivity contribution < 1.29 is 0 Å². The summed E-state index contributed by atoms with van der Waals surface area (Å²) < 4.78 is 0. The number of hydrogen-bond donors (Lipinski definition) is 0. The second-order valence-electron chi connectivity index (χ2n) is 2.15. The van der Waals surface area contributed by atoms with Gasteiger partial charge in [-0.05, 0) is 19.3 Å². The number of hydrogen-bond acceptors (Lipinski definition) is 0. The third-order valence-corrected chi connectivity index (χ3v) is 1.55. The van der Waals surface area contributed by atoms with Crippen LogP contribution in [0.5, 0.6) is 0 Å². The van der Waals surface area contributed by atoms with Crippen molar-refractivity contribution in [3.05, 3.63) is 23.8 Å². The van der Waals surface area contributed by atoms with E-state index in [9.17, 15) is 0 Å². The zero-order valence-corrected chi connectivity index (χ0v) is 5.35. The van der Waals surface area contributed by atoms with Crippen molar-refractivity contribution in [2.24, 2.45) is 0 Å².